The lowest BCUT2D eigenvalue weighted by molar-refractivity contribution is 0.0319. The molecule has 2 aromatic carbocycles. The summed E-state index contributed by atoms with van der Waals surface area (Å²) in [6, 6.07) is 11.3. The number of hydrogen-bond donors (Lipinski definition) is 2. The van der Waals surface area contributed by atoms with E-state index < -0.39 is 22.1 Å². The van der Waals surface area contributed by atoms with E-state index in [2.05, 4.69) is 9.71 Å². The average Bonchev–Trinajstić information content (AvgIpc) is 3.50. The maximum absolute atomic E-state index is 13.0. The first-order chi connectivity index (χ1) is 15.2. The van der Waals surface area contributed by atoms with Gasteiger partial charge in [-0.1, -0.05) is 18.2 Å². The predicted octanol–water partition coefficient (Wildman–Crippen LogP) is 3.35. The highest BCUT2D eigenvalue weighted by Crippen LogP contribution is 2.29. The highest BCUT2D eigenvalue weighted by atomic mass is 32.2. The Morgan fingerprint density at radius 1 is 1.16 bits per heavy atom. The molecular weight excluding hydrogens is 432 g/mol. The third-order valence-electron chi connectivity index (χ3n) is 5.38. The van der Waals surface area contributed by atoms with Crippen molar-refractivity contribution in [2.45, 2.75) is 43.7 Å². The van der Waals surface area contributed by atoms with E-state index in [0.29, 0.717) is 11.3 Å². The van der Waals surface area contributed by atoms with Gasteiger partial charge in [-0.05, 0) is 51.0 Å². The van der Waals surface area contributed by atoms with Gasteiger partial charge < -0.3 is 14.5 Å². The lowest BCUT2D eigenvalue weighted by atomic mass is 10.0. The predicted molar refractivity (Wildman–Crippen MR) is 119 cm³/mol. The summed E-state index contributed by atoms with van der Waals surface area (Å²) in [5.41, 5.74) is 1.98. The van der Waals surface area contributed by atoms with Crippen molar-refractivity contribution >= 4 is 32.7 Å². The Kier molecular flexibility index (Phi) is 5.79. The van der Waals surface area contributed by atoms with Crippen molar-refractivity contribution in [3.05, 3.63) is 59.3 Å². The smallest absolute Gasteiger partial charge is 0.338 e. The van der Waals surface area contributed by atoms with E-state index in [4.69, 9.17) is 9.47 Å². The van der Waals surface area contributed by atoms with Crippen LogP contribution in [-0.2, 0) is 14.8 Å². The van der Waals surface area contributed by atoms with Crippen LogP contribution in [0.3, 0.4) is 0 Å². The molecule has 0 amide bonds. The Bertz CT molecular complexity index is 1310. The molecule has 9 heteroatoms. The molecule has 0 aliphatic heterocycles. The molecule has 1 aliphatic carbocycles. The molecule has 0 bridgehead atoms. The summed E-state index contributed by atoms with van der Waals surface area (Å²) in [6.07, 6.45) is 0.485. The van der Waals surface area contributed by atoms with Crippen molar-refractivity contribution in [3.8, 4) is 5.75 Å². The second kappa shape index (κ2) is 8.40. The molecule has 1 heterocycles. The third kappa shape index (κ3) is 4.26. The largest absolute Gasteiger partial charge is 0.495 e. The number of carbonyl (C=O) groups is 2. The molecule has 1 aromatic heterocycles. The minimum Gasteiger partial charge on any atom is -0.495 e. The number of carbonyl (C=O) groups excluding carboxylic acids is 2. The Morgan fingerprint density at radius 3 is 2.56 bits per heavy atom. The molecule has 1 atom stereocenters. The fourth-order valence-corrected chi connectivity index (χ4v) is 5.08. The number of nitrogens with one attached hydrogen (secondary N) is 2. The van der Waals surface area contributed by atoms with Crippen LogP contribution in [0.4, 0.5) is 0 Å². The summed E-state index contributed by atoms with van der Waals surface area (Å²) in [5.74, 6) is -1.02. The van der Waals surface area contributed by atoms with Gasteiger partial charge in [0.25, 0.3) is 0 Å². The van der Waals surface area contributed by atoms with Crippen molar-refractivity contribution in [1.82, 2.24) is 9.71 Å². The van der Waals surface area contributed by atoms with Gasteiger partial charge in [0.2, 0.25) is 15.8 Å². The van der Waals surface area contributed by atoms with Crippen molar-refractivity contribution in [2.24, 2.45) is 0 Å². The zero-order valence-corrected chi connectivity index (χ0v) is 18.8. The maximum atomic E-state index is 13.0. The molecule has 4 rings (SSSR count). The Morgan fingerprint density at radius 2 is 1.88 bits per heavy atom. The molecule has 1 aliphatic rings. The van der Waals surface area contributed by atoms with Gasteiger partial charge in [0.1, 0.15) is 10.6 Å². The summed E-state index contributed by atoms with van der Waals surface area (Å²) in [6.45, 7) is 3.28. The fourth-order valence-electron chi connectivity index (χ4n) is 3.58. The summed E-state index contributed by atoms with van der Waals surface area (Å²) < 4.78 is 38.5. The van der Waals surface area contributed by atoms with Crippen LogP contribution in [0.2, 0.25) is 0 Å². The first-order valence-corrected chi connectivity index (χ1v) is 11.7. The standard InChI is InChI=1S/C23H24N2O6S/c1-13-21(17-6-4-5-7-18(17)24-13)22(26)14(2)31-23(27)15-8-11-19(30-3)20(12-15)32(28,29)25-16-9-10-16/h4-8,11-12,14,16,24-25H,9-10H2,1-3H3/t14-/m1/s1. The number of H-pyrrole nitrogens is 1. The van der Waals surface area contributed by atoms with Gasteiger partial charge in [-0.2, -0.15) is 0 Å². The number of aromatic amines is 1. The Hall–Kier alpha value is -3.17. The number of aryl methyl sites for hydroxylation is 1. The number of benzene rings is 2. The van der Waals surface area contributed by atoms with Gasteiger partial charge in [-0.3, -0.25) is 4.79 Å². The Balaban J connectivity index is 1.57. The monoisotopic (exact) mass is 456 g/mol. The third-order valence-corrected chi connectivity index (χ3v) is 6.92. The molecule has 32 heavy (non-hydrogen) atoms. The highest BCUT2D eigenvalue weighted by Gasteiger charge is 2.31. The van der Waals surface area contributed by atoms with Gasteiger partial charge in [-0.25, -0.2) is 17.9 Å². The number of fused-ring (bicyclic) bond motifs is 1. The second-order valence-electron chi connectivity index (χ2n) is 7.84. The molecule has 168 valence electrons. The van der Waals surface area contributed by atoms with E-state index in [1.807, 2.05) is 24.3 Å². The zero-order valence-electron chi connectivity index (χ0n) is 18.0. The summed E-state index contributed by atoms with van der Waals surface area (Å²) in [4.78, 5) is 28.8. The number of esters is 1. The molecule has 0 saturated heterocycles. The molecule has 1 fully saturated rings. The normalized spacial score (nSPS) is 14.8. The first kappa shape index (κ1) is 22.0. The highest BCUT2D eigenvalue weighted by molar-refractivity contribution is 7.89. The van der Waals surface area contributed by atoms with E-state index in [0.717, 1.165) is 23.7 Å². The number of aromatic nitrogens is 1. The number of methoxy groups -OCH3 is 1. The van der Waals surface area contributed by atoms with Crippen molar-refractivity contribution in [1.29, 1.82) is 0 Å². The molecule has 0 unspecified atom stereocenters. The zero-order chi connectivity index (χ0) is 23.0. The van der Waals surface area contributed by atoms with Crippen LogP contribution >= 0.6 is 0 Å². The number of Topliss-reactive ketones (excluding diaryl/α,β-unsaturated/α-hetero) is 1. The Labute approximate surface area is 186 Å². The van der Waals surface area contributed by atoms with Crippen molar-refractivity contribution in [3.63, 3.8) is 0 Å². The van der Waals surface area contributed by atoms with E-state index in [-0.39, 0.29) is 28.0 Å². The van der Waals surface area contributed by atoms with E-state index in [1.54, 1.807) is 6.92 Å². The van der Waals surface area contributed by atoms with Gasteiger partial charge in [0.15, 0.2) is 6.10 Å². The number of sulfonamides is 1. The minimum atomic E-state index is -3.86. The lowest BCUT2D eigenvalue weighted by Crippen LogP contribution is -2.27. The van der Waals surface area contributed by atoms with Gasteiger partial charge in [0.05, 0.1) is 12.7 Å². The number of hydrogen-bond acceptors (Lipinski definition) is 6. The average molecular weight is 457 g/mol. The van der Waals surface area contributed by atoms with Crippen molar-refractivity contribution < 1.29 is 27.5 Å². The van der Waals surface area contributed by atoms with Crippen LogP contribution in [0.1, 0.15) is 46.2 Å². The van der Waals surface area contributed by atoms with Crippen LogP contribution in [0.25, 0.3) is 10.9 Å². The first-order valence-electron chi connectivity index (χ1n) is 10.2. The summed E-state index contributed by atoms with van der Waals surface area (Å²) in [7, 11) is -2.50. The molecular formula is C23H24N2O6S. The molecule has 8 nitrogen and oxygen atoms in total. The topological polar surface area (TPSA) is 115 Å². The maximum Gasteiger partial charge on any atom is 0.338 e. The van der Waals surface area contributed by atoms with Gasteiger partial charge in [0, 0.05) is 28.2 Å². The molecule has 0 radical (unpaired) electrons. The molecule has 3 aromatic rings. The molecule has 1 saturated carbocycles. The SMILES string of the molecule is COc1ccc(C(=O)O[C@H](C)C(=O)c2c(C)[nH]c3ccccc23)cc1S(=O)(=O)NC1CC1. The molecule has 2 N–H and O–H groups in total. The number of ether oxygens (including phenoxy) is 2. The second-order valence-corrected chi connectivity index (χ2v) is 9.53. The number of para-hydroxylation sites is 1. The van der Waals surface area contributed by atoms with E-state index in [9.17, 15) is 18.0 Å². The number of ketones is 1. The lowest BCUT2D eigenvalue weighted by Gasteiger charge is -2.15. The van der Waals surface area contributed by atoms with Gasteiger partial charge >= 0.3 is 5.97 Å². The van der Waals surface area contributed by atoms with Crippen LogP contribution in [0.15, 0.2) is 47.4 Å². The van der Waals surface area contributed by atoms with Crippen LogP contribution < -0.4 is 9.46 Å². The van der Waals surface area contributed by atoms with Crippen LogP contribution in [0.5, 0.6) is 5.75 Å². The minimum absolute atomic E-state index is 0.0114. The van der Waals surface area contributed by atoms with Crippen LogP contribution in [0, 0.1) is 6.92 Å². The van der Waals surface area contributed by atoms with Crippen LogP contribution in [-0.4, -0.2) is 44.4 Å². The summed E-state index contributed by atoms with van der Waals surface area (Å²) in [5, 5.41) is 0.752. The fraction of sp³-hybridized carbons (Fsp3) is 0.304. The van der Waals surface area contributed by atoms with E-state index in [1.165, 1.54) is 32.2 Å². The quantitative estimate of drug-likeness (QED) is 0.397. The van der Waals surface area contributed by atoms with Crippen molar-refractivity contribution in [2.75, 3.05) is 7.11 Å². The number of rotatable bonds is 8. The molecule has 0 spiro atoms. The van der Waals surface area contributed by atoms with E-state index >= 15 is 0 Å². The summed E-state index contributed by atoms with van der Waals surface area (Å²) >= 11 is 0. The van der Waals surface area contributed by atoms with Gasteiger partial charge in [-0.15, -0.1) is 0 Å².